The van der Waals surface area contributed by atoms with Crippen molar-refractivity contribution in [3.8, 4) is 11.5 Å². The van der Waals surface area contributed by atoms with Gasteiger partial charge < -0.3 is 18.3 Å². The Morgan fingerprint density at radius 3 is 2.19 bits per heavy atom. The fraction of sp³-hybridized carbons (Fsp3) is 0.312. The van der Waals surface area contributed by atoms with E-state index in [1.54, 1.807) is 19.2 Å². The second-order valence-electron chi connectivity index (χ2n) is 4.43. The molecule has 0 saturated carbocycles. The van der Waals surface area contributed by atoms with Gasteiger partial charge in [0, 0.05) is 6.07 Å². The molecule has 3 aromatic rings. The zero-order valence-corrected chi connectivity index (χ0v) is 12.6. The number of methoxy groups -OCH3 is 2. The van der Waals surface area contributed by atoms with E-state index < -0.39 is 5.63 Å². The van der Waals surface area contributed by atoms with Crippen LogP contribution in [0.25, 0.3) is 21.9 Å². The van der Waals surface area contributed by atoms with Crippen molar-refractivity contribution >= 4 is 21.9 Å². The molecule has 21 heavy (non-hydrogen) atoms. The number of hydrogen-bond donors (Lipinski definition) is 0. The minimum atomic E-state index is -0.450. The third-order valence-electron chi connectivity index (χ3n) is 2.81. The Morgan fingerprint density at radius 1 is 0.952 bits per heavy atom. The lowest BCUT2D eigenvalue weighted by Gasteiger charge is -2.09. The standard InChI is InChI=1S/C13H10O5.C3H8/c1-15-10-7-3-4-9(14)18-12(7)13(16-2)11-8(10)5-6-17-11;1-3-2/h3-6H,1-2H3;3H2,1-2H3. The Kier molecular flexibility index (Phi) is 4.52. The van der Waals surface area contributed by atoms with Crippen LogP contribution < -0.4 is 15.1 Å². The molecule has 5 nitrogen and oxygen atoms in total. The van der Waals surface area contributed by atoms with Gasteiger partial charge in [-0.05, 0) is 12.1 Å². The molecule has 0 N–H and O–H groups in total. The molecule has 0 aliphatic carbocycles. The summed E-state index contributed by atoms with van der Waals surface area (Å²) < 4.78 is 21.2. The molecule has 112 valence electrons. The van der Waals surface area contributed by atoms with Crippen LogP contribution in [0.15, 0.2) is 38.1 Å². The highest BCUT2D eigenvalue weighted by Crippen LogP contribution is 2.42. The maximum atomic E-state index is 11.3. The van der Waals surface area contributed by atoms with Crippen molar-refractivity contribution in [3.05, 3.63) is 34.9 Å². The van der Waals surface area contributed by atoms with E-state index in [0.29, 0.717) is 28.1 Å². The molecule has 0 fully saturated rings. The molecule has 0 aliphatic rings. The van der Waals surface area contributed by atoms with E-state index in [9.17, 15) is 4.79 Å². The Bertz CT molecular complexity index is 797. The maximum absolute atomic E-state index is 11.3. The largest absolute Gasteiger partial charge is 0.495 e. The summed E-state index contributed by atoms with van der Waals surface area (Å²) in [5.74, 6) is 0.988. The third kappa shape index (κ3) is 2.59. The molecule has 1 aromatic carbocycles. The lowest BCUT2D eigenvalue weighted by atomic mass is 10.1. The van der Waals surface area contributed by atoms with Gasteiger partial charge in [-0.2, -0.15) is 0 Å². The highest BCUT2D eigenvalue weighted by atomic mass is 16.5. The fourth-order valence-electron chi connectivity index (χ4n) is 2.08. The first-order valence-corrected chi connectivity index (χ1v) is 6.72. The second kappa shape index (κ2) is 6.35. The van der Waals surface area contributed by atoms with Gasteiger partial charge in [-0.3, -0.25) is 0 Å². The summed E-state index contributed by atoms with van der Waals surface area (Å²) in [7, 11) is 3.05. The van der Waals surface area contributed by atoms with Crippen molar-refractivity contribution in [3.63, 3.8) is 0 Å². The number of ether oxygens (including phenoxy) is 2. The van der Waals surface area contributed by atoms with Crippen molar-refractivity contribution in [2.75, 3.05) is 14.2 Å². The molecule has 0 bridgehead atoms. The zero-order valence-electron chi connectivity index (χ0n) is 12.6. The van der Waals surface area contributed by atoms with Crippen molar-refractivity contribution in [1.29, 1.82) is 0 Å². The number of rotatable bonds is 2. The number of benzene rings is 1. The van der Waals surface area contributed by atoms with Gasteiger partial charge in [0.15, 0.2) is 11.2 Å². The first kappa shape index (κ1) is 15.0. The van der Waals surface area contributed by atoms with Crippen LogP contribution in [0.3, 0.4) is 0 Å². The summed E-state index contributed by atoms with van der Waals surface area (Å²) in [5, 5.41) is 1.44. The molecule has 0 amide bonds. The van der Waals surface area contributed by atoms with E-state index in [-0.39, 0.29) is 0 Å². The van der Waals surface area contributed by atoms with Crippen LogP contribution >= 0.6 is 0 Å². The van der Waals surface area contributed by atoms with Gasteiger partial charge in [0.2, 0.25) is 5.75 Å². The van der Waals surface area contributed by atoms with E-state index >= 15 is 0 Å². The maximum Gasteiger partial charge on any atom is 0.336 e. The molecule has 0 atom stereocenters. The first-order chi connectivity index (χ1) is 10.2. The predicted octanol–water partition coefficient (Wildman–Crippen LogP) is 3.97. The van der Waals surface area contributed by atoms with Gasteiger partial charge in [0.1, 0.15) is 5.75 Å². The van der Waals surface area contributed by atoms with Crippen LogP contribution in [-0.4, -0.2) is 14.2 Å². The Labute approximate surface area is 122 Å². The molecule has 0 unspecified atom stereocenters. The molecule has 0 spiro atoms. The molecular weight excluding hydrogens is 272 g/mol. The first-order valence-electron chi connectivity index (χ1n) is 6.72. The predicted molar refractivity (Wildman–Crippen MR) is 81.3 cm³/mol. The van der Waals surface area contributed by atoms with Crippen molar-refractivity contribution < 1.29 is 18.3 Å². The molecule has 0 saturated heterocycles. The fourth-order valence-corrected chi connectivity index (χ4v) is 2.08. The van der Waals surface area contributed by atoms with E-state index in [1.165, 1.54) is 25.9 Å². The SMILES string of the molecule is CCC.COc1c2ccoc2c(OC)c2oc(=O)ccc12. The monoisotopic (exact) mass is 290 g/mol. The summed E-state index contributed by atoms with van der Waals surface area (Å²) in [4.78, 5) is 11.3. The molecule has 3 rings (SSSR count). The normalized spacial score (nSPS) is 10.3. The van der Waals surface area contributed by atoms with Gasteiger partial charge >= 0.3 is 5.63 Å². The summed E-state index contributed by atoms with van der Waals surface area (Å²) in [5.41, 5.74) is 0.370. The minimum Gasteiger partial charge on any atom is -0.495 e. The van der Waals surface area contributed by atoms with Crippen molar-refractivity contribution in [2.24, 2.45) is 0 Å². The van der Waals surface area contributed by atoms with Crippen LogP contribution in [0.5, 0.6) is 11.5 Å². The van der Waals surface area contributed by atoms with Gasteiger partial charge in [-0.1, -0.05) is 20.3 Å². The molecule has 2 aromatic heterocycles. The third-order valence-corrected chi connectivity index (χ3v) is 2.81. The van der Waals surface area contributed by atoms with Crippen molar-refractivity contribution in [1.82, 2.24) is 0 Å². The Hall–Kier alpha value is -2.43. The molecule has 0 radical (unpaired) electrons. The van der Waals surface area contributed by atoms with Crippen LogP contribution in [0, 0.1) is 0 Å². The van der Waals surface area contributed by atoms with Gasteiger partial charge in [0.05, 0.1) is 31.3 Å². The highest BCUT2D eigenvalue weighted by molar-refractivity contribution is 6.06. The second-order valence-corrected chi connectivity index (χ2v) is 4.43. The molecular formula is C16H18O5. The van der Waals surface area contributed by atoms with Crippen molar-refractivity contribution in [2.45, 2.75) is 20.3 Å². The van der Waals surface area contributed by atoms with E-state index in [0.717, 1.165) is 5.39 Å². The van der Waals surface area contributed by atoms with Gasteiger partial charge in [-0.25, -0.2) is 4.79 Å². The van der Waals surface area contributed by atoms with Crippen LogP contribution in [0.4, 0.5) is 0 Å². The van der Waals surface area contributed by atoms with Gasteiger partial charge in [-0.15, -0.1) is 0 Å². The average molecular weight is 290 g/mol. The Morgan fingerprint density at radius 2 is 1.57 bits per heavy atom. The summed E-state index contributed by atoms with van der Waals surface area (Å²) in [6.45, 7) is 4.25. The van der Waals surface area contributed by atoms with E-state index in [1.807, 2.05) is 0 Å². The number of hydrogen-bond acceptors (Lipinski definition) is 5. The smallest absolute Gasteiger partial charge is 0.336 e. The van der Waals surface area contributed by atoms with Crippen LogP contribution in [-0.2, 0) is 0 Å². The number of furan rings is 1. The summed E-state index contributed by atoms with van der Waals surface area (Å²) >= 11 is 0. The lowest BCUT2D eigenvalue weighted by Crippen LogP contribution is -1.98. The highest BCUT2D eigenvalue weighted by Gasteiger charge is 2.19. The average Bonchev–Trinajstić information content (AvgIpc) is 2.94. The van der Waals surface area contributed by atoms with E-state index in [4.69, 9.17) is 18.3 Å². The minimum absolute atomic E-state index is 0.323. The topological polar surface area (TPSA) is 61.8 Å². The van der Waals surface area contributed by atoms with Crippen LogP contribution in [0.1, 0.15) is 20.3 Å². The quantitative estimate of drug-likeness (QED) is 0.668. The molecule has 5 heteroatoms. The number of fused-ring (bicyclic) bond motifs is 2. The Balaban J connectivity index is 0.000000497. The lowest BCUT2D eigenvalue weighted by molar-refractivity contribution is 0.398. The summed E-state index contributed by atoms with van der Waals surface area (Å²) in [6, 6.07) is 4.77. The molecule has 0 aliphatic heterocycles. The summed E-state index contributed by atoms with van der Waals surface area (Å²) in [6.07, 6.45) is 2.78. The molecule has 2 heterocycles. The van der Waals surface area contributed by atoms with Crippen LogP contribution in [0.2, 0.25) is 0 Å². The van der Waals surface area contributed by atoms with E-state index in [2.05, 4.69) is 13.8 Å². The zero-order chi connectivity index (χ0) is 15.4. The van der Waals surface area contributed by atoms with Gasteiger partial charge in [0.25, 0.3) is 0 Å².